The molecule has 1 amide bonds. The van der Waals surface area contributed by atoms with Gasteiger partial charge in [0.05, 0.1) is 11.5 Å². The van der Waals surface area contributed by atoms with Gasteiger partial charge in [-0.3, -0.25) is 19.8 Å². The highest BCUT2D eigenvalue weighted by Crippen LogP contribution is 2.47. The zero-order valence-electron chi connectivity index (χ0n) is 17.3. The van der Waals surface area contributed by atoms with Gasteiger partial charge in [0.25, 0.3) is 11.6 Å². The Kier molecular flexibility index (Phi) is 5.42. The first-order valence-electron chi connectivity index (χ1n) is 9.92. The second-order valence-corrected chi connectivity index (χ2v) is 9.19. The molecule has 2 fully saturated rings. The molecular weight excluding hydrogens is 376 g/mol. The summed E-state index contributed by atoms with van der Waals surface area (Å²) in [4.78, 5) is 37.3. The number of nitrogens with zero attached hydrogens (tertiary/aromatic N) is 2. The molecule has 1 saturated carbocycles. The summed E-state index contributed by atoms with van der Waals surface area (Å²) in [5.41, 5.74) is -0.454. The lowest BCUT2D eigenvalue weighted by atomic mass is 9.70. The molecule has 0 radical (unpaired) electrons. The number of benzene rings is 1. The van der Waals surface area contributed by atoms with Crippen LogP contribution >= 0.6 is 0 Å². The molecule has 3 rings (SSSR count). The van der Waals surface area contributed by atoms with Crippen molar-refractivity contribution >= 4 is 17.6 Å². The van der Waals surface area contributed by atoms with E-state index in [4.69, 9.17) is 4.74 Å². The van der Waals surface area contributed by atoms with Crippen molar-refractivity contribution in [3.8, 4) is 0 Å². The Bertz CT molecular complexity index is 836. The first-order chi connectivity index (χ1) is 13.5. The maximum Gasteiger partial charge on any atom is 0.328 e. The largest absolute Gasteiger partial charge is 0.480 e. The van der Waals surface area contributed by atoms with Crippen LogP contribution in [0.25, 0.3) is 0 Å². The summed E-state index contributed by atoms with van der Waals surface area (Å²) in [5, 5.41) is 21.0. The molecule has 1 aromatic carbocycles. The van der Waals surface area contributed by atoms with Gasteiger partial charge in [-0.1, -0.05) is 26.8 Å². The molecule has 1 N–H and O–H groups in total. The Morgan fingerprint density at radius 2 is 1.90 bits per heavy atom. The summed E-state index contributed by atoms with van der Waals surface area (Å²) >= 11 is 0. The number of carbonyl (C=O) groups excluding carboxylic acids is 1. The Morgan fingerprint density at radius 1 is 1.28 bits per heavy atom. The monoisotopic (exact) mass is 404 g/mol. The molecule has 158 valence electrons. The molecular formula is C21H28N2O6. The maximum absolute atomic E-state index is 13.4. The number of amides is 1. The van der Waals surface area contributed by atoms with Gasteiger partial charge >= 0.3 is 5.97 Å². The van der Waals surface area contributed by atoms with Gasteiger partial charge in [0, 0.05) is 17.2 Å². The average Bonchev–Trinajstić information content (AvgIpc) is 2.99. The number of aryl methyl sites for hydroxylation is 1. The molecule has 1 heterocycles. The number of ether oxygens (including phenoxy) is 1. The third-order valence-electron chi connectivity index (χ3n) is 6.41. The Morgan fingerprint density at radius 3 is 2.41 bits per heavy atom. The fraction of sp³-hybridized carbons (Fsp3) is 0.619. The zero-order chi connectivity index (χ0) is 21.6. The topological polar surface area (TPSA) is 110 Å². The third-order valence-corrected chi connectivity index (χ3v) is 6.41. The van der Waals surface area contributed by atoms with Crippen LogP contribution in [-0.4, -0.2) is 45.2 Å². The summed E-state index contributed by atoms with van der Waals surface area (Å²) < 4.78 is 5.96. The van der Waals surface area contributed by atoms with Crippen LogP contribution in [-0.2, 0) is 9.53 Å². The van der Waals surface area contributed by atoms with Gasteiger partial charge in [-0.05, 0) is 50.0 Å². The SMILES string of the molecule is Cc1ccc(C(=O)N2C(C(=O)O)COC23CCC(C(C)(C)C)CC3)cc1[N+](=O)[O-]. The predicted octanol–water partition coefficient (Wildman–Crippen LogP) is 3.76. The van der Waals surface area contributed by atoms with Crippen molar-refractivity contribution in [2.75, 3.05) is 6.61 Å². The first-order valence-corrected chi connectivity index (χ1v) is 9.92. The molecule has 0 aromatic heterocycles. The molecule has 29 heavy (non-hydrogen) atoms. The molecule has 1 atom stereocenters. The number of carboxylic acids is 1. The van der Waals surface area contributed by atoms with Crippen LogP contribution in [0, 0.1) is 28.4 Å². The van der Waals surface area contributed by atoms with Crippen LogP contribution < -0.4 is 0 Å². The van der Waals surface area contributed by atoms with Gasteiger partial charge in [0.15, 0.2) is 6.04 Å². The van der Waals surface area contributed by atoms with E-state index in [-0.39, 0.29) is 23.3 Å². The average molecular weight is 404 g/mol. The van der Waals surface area contributed by atoms with Crippen molar-refractivity contribution in [3.05, 3.63) is 39.4 Å². The molecule has 1 aromatic rings. The predicted molar refractivity (Wildman–Crippen MR) is 106 cm³/mol. The Labute approximate surface area is 170 Å². The van der Waals surface area contributed by atoms with Crippen molar-refractivity contribution in [2.24, 2.45) is 11.3 Å². The number of nitro benzene ring substituents is 1. The molecule has 0 bridgehead atoms. The van der Waals surface area contributed by atoms with Crippen molar-refractivity contribution in [1.29, 1.82) is 0 Å². The molecule has 1 saturated heterocycles. The van der Waals surface area contributed by atoms with E-state index >= 15 is 0 Å². The minimum Gasteiger partial charge on any atom is -0.480 e. The quantitative estimate of drug-likeness (QED) is 0.607. The van der Waals surface area contributed by atoms with E-state index in [1.807, 2.05) is 0 Å². The molecule has 1 spiro atoms. The van der Waals surface area contributed by atoms with Crippen molar-refractivity contribution in [3.63, 3.8) is 0 Å². The zero-order valence-corrected chi connectivity index (χ0v) is 17.3. The van der Waals surface area contributed by atoms with Crippen molar-refractivity contribution in [1.82, 2.24) is 4.90 Å². The Hall–Kier alpha value is -2.48. The summed E-state index contributed by atoms with van der Waals surface area (Å²) in [7, 11) is 0. The lowest BCUT2D eigenvalue weighted by Gasteiger charge is -2.46. The van der Waals surface area contributed by atoms with Crippen LogP contribution in [0.3, 0.4) is 0 Å². The Balaban J connectivity index is 1.95. The van der Waals surface area contributed by atoms with Crippen LogP contribution in [0.1, 0.15) is 62.4 Å². The fourth-order valence-corrected chi connectivity index (χ4v) is 4.57. The van der Waals surface area contributed by atoms with Crippen LogP contribution in [0.15, 0.2) is 18.2 Å². The molecule has 8 heteroatoms. The van der Waals surface area contributed by atoms with E-state index in [2.05, 4.69) is 20.8 Å². The second-order valence-electron chi connectivity index (χ2n) is 9.19. The smallest absolute Gasteiger partial charge is 0.328 e. The van der Waals surface area contributed by atoms with E-state index in [9.17, 15) is 24.8 Å². The van der Waals surface area contributed by atoms with E-state index in [1.54, 1.807) is 6.92 Å². The van der Waals surface area contributed by atoms with E-state index in [0.717, 1.165) is 12.8 Å². The fourth-order valence-electron chi connectivity index (χ4n) is 4.57. The first kappa shape index (κ1) is 21.2. The van der Waals surface area contributed by atoms with Gasteiger partial charge in [-0.15, -0.1) is 0 Å². The standard InChI is InChI=1S/C21H28N2O6/c1-13-5-6-14(11-16(13)23(27)28)18(24)22-17(19(25)26)12-29-21(22)9-7-15(8-10-21)20(2,3)4/h5-6,11,15,17H,7-10,12H2,1-4H3,(H,25,26). The second kappa shape index (κ2) is 7.40. The third kappa shape index (κ3) is 3.85. The number of nitro groups is 1. The number of hydrogen-bond acceptors (Lipinski definition) is 5. The molecule has 1 aliphatic heterocycles. The number of aliphatic carboxylic acids is 1. The van der Waals surface area contributed by atoms with Gasteiger partial charge in [0.1, 0.15) is 5.72 Å². The van der Waals surface area contributed by atoms with E-state index < -0.39 is 28.6 Å². The summed E-state index contributed by atoms with van der Waals surface area (Å²) in [6, 6.07) is 3.15. The van der Waals surface area contributed by atoms with Gasteiger partial charge in [0.2, 0.25) is 0 Å². The van der Waals surface area contributed by atoms with Gasteiger partial charge < -0.3 is 9.84 Å². The molecule has 1 aliphatic carbocycles. The number of carbonyl (C=O) groups is 2. The van der Waals surface area contributed by atoms with E-state index in [0.29, 0.717) is 24.3 Å². The highest BCUT2D eigenvalue weighted by molar-refractivity contribution is 5.98. The highest BCUT2D eigenvalue weighted by atomic mass is 16.6. The number of rotatable bonds is 3. The highest BCUT2D eigenvalue weighted by Gasteiger charge is 2.54. The lowest BCUT2D eigenvalue weighted by Crippen LogP contribution is -2.55. The summed E-state index contributed by atoms with van der Waals surface area (Å²) in [6.45, 7) is 8.06. The van der Waals surface area contributed by atoms with Crippen molar-refractivity contribution < 1.29 is 24.4 Å². The van der Waals surface area contributed by atoms with Crippen LogP contribution in [0.2, 0.25) is 0 Å². The van der Waals surface area contributed by atoms with Gasteiger partial charge in [-0.2, -0.15) is 0 Å². The number of carboxylic acid groups (broad SMARTS) is 1. The van der Waals surface area contributed by atoms with E-state index in [1.165, 1.54) is 23.1 Å². The normalized spacial score (nSPS) is 27.2. The molecule has 2 aliphatic rings. The van der Waals surface area contributed by atoms with Gasteiger partial charge in [-0.25, -0.2) is 4.79 Å². The summed E-state index contributed by atoms with van der Waals surface area (Å²) in [6.07, 6.45) is 2.76. The minimum atomic E-state index is -1.13. The van der Waals surface area contributed by atoms with Crippen LogP contribution in [0.5, 0.6) is 0 Å². The molecule has 8 nitrogen and oxygen atoms in total. The lowest BCUT2D eigenvalue weighted by molar-refractivity contribution is -0.385. The van der Waals surface area contributed by atoms with Crippen molar-refractivity contribution in [2.45, 2.75) is 65.1 Å². The maximum atomic E-state index is 13.4. The minimum absolute atomic E-state index is 0.0742. The molecule has 1 unspecified atom stereocenters. The summed E-state index contributed by atoms with van der Waals surface area (Å²) in [5.74, 6) is -1.21. The van der Waals surface area contributed by atoms with Crippen LogP contribution in [0.4, 0.5) is 5.69 Å². The number of hydrogen-bond donors (Lipinski definition) is 1.